The quantitative estimate of drug-likeness (QED) is 0.788. The van der Waals surface area contributed by atoms with E-state index in [1.807, 2.05) is 47.4 Å². The molecular weight excluding hydrogens is 384 g/mol. The Balaban J connectivity index is 1.90. The van der Waals surface area contributed by atoms with Gasteiger partial charge in [-0.05, 0) is 42.4 Å². The smallest absolute Gasteiger partial charge is 0.316 e. The van der Waals surface area contributed by atoms with Gasteiger partial charge in [0.2, 0.25) is 0 Å². The Kier molecular flexibility index (Phi) is 4.97. The molecule has 0 bridgehead atoms. The fourth-order valence-electron chi connectivity index (χ4n) is 3.66. The summed E-state index contributed by atoms with van der Waals surface area (Å²) >= 11 is 7.83. The predicted molar refractivity (Wildman–Crippen MR) is 109 cm³/mol. The number of anilines is 1. The Labute approximate surface area is 168 Å². The molecule has 0 aromatic heterocycles. The van der Waals surface area contributed by atoms with Crippen molar-refractivity contribution < 1.29 is 19.2 Å². The van der Waals surface area contributed by atoms with E-state index >= 15 is 0 Å². The van der Waals surface area contributed by atoms with E-state index in [0.717, 1.165) is 35.1 Å². The SMILES string of the molecule is COc1ccc(OC)c(N2C3=[N+](CCCS3)CC2(O)c2ccc(Cl)cc2)c1. The van der Waals surface area contributed by atoms with Gasteiger partial charge in [-0.15, -0.1) is 0 Å². The summed E-state index contributed by atoms with van der Waals surface area (Å²) in [7, 11) is 3.27. The van der Waals surface area contributed by atoms with Crippen molar-refractivity contribution in [1.82, 2.24) is 0 Å². The molecule has 0 spiro atoms. The number of aliphatic hydroxyl groups is 1. The number of methoxy groups -OCH3 is 2. The first kappa shape index (κ1) is 18.5. The molecule has 2 aliphatic rings. The molecule has 2 heterocycles. The largest absolute Gasteiger partial charge is 0.497 e. The van der Waals surface area contributed by atoms with Crippen LogP contribution in [0, 0.1) is 0 Å². The molecule has 1 N–H and O–H groups in total. The summed E-state index contributed by atoms with van der Waals surface area (Å²) in [5, 5.41) is 13.6. The maximum atomic E-state index is 11.9. The third-order valence-electron chi connectivity index (χ3n) is 4.98. The Bertz CT molecular complexity index is 887. The first-order valence-electron chi connectivity index (χ1n) is 8.82. The van der Waals surface area contributed by atoms with Gasteiger partial charge in [-0.25, -0.2) is 4.58 Å². The minimum atomic E-state index is -1.23. The van der Waals surface area contributed by atoms with E-state index in [4.69, 9.17) is 21.1 Å². The molecule has 0 amide bonds. The molecule has 0 radical (unpaired) electrons. The van der Waals surface area contributed by atoms with E-state index in [-0.39, 0.29) is 0 Å². The number of amidine groups is 1. The standard InChI is InChI=1S/C20H22ClN2O3S/c1-25-16-8-9-18(26-2)17(12-16)23-19-22(10-3-11-27-19)13-20(23,24)14-4-6-15(21)7-5-14/h4-9,12,24H,3,10-11,13H2,1-2H3/q+1. The molecule has 5 nitrogen and oxygen atoms in total. The number of thioether (sulfide) groups is 1. The number of hydrogen-bond donors (Lipinski definition) is 1. The van der Waals surface area contributed by atoms with Crippen LogP contribution in [-0.2, 0) is 5.72 Å². The zero-order chi connectivity index (χ0) is 19.0. The lowest BCUT2D eigenvalue weighted by molar-refractivity contribution is -0.532. The normalized spacial score (nSPS) is 22.0. The number of ether oxygens (including phenoxy) is 2. The zero-order valence-corrected chi connectivity index (χ0v) is 16.9. The van der Waals surface area contributed by atoms with E-state index < -0.39 is 5.72 Å². The van der Waals surface area contributed by atoms with Crippen molar-refractivity contribution in [3.63, 3.8) is 0 Å². The van der Waals surface area contributed by atoms with Crippen LogP contribution in [0.4, 0.5) is 5.69 Å². The molecule has 2 aromatic carbocycles. The number of nitrogens with zero attached hydrogens (tertiary/aromatic N) is 2. The zero-order valence-electron chi connectivity index (χ0n) is 15.3. The Morgan fingerprint density at radius 1 is 1.15 bits per heavy atom. The molecule has 0 fully saturated rings. The first-order chi connectivity index (χ1) is 13.1. The summed E-state index contributed by atoms with van der Waals surface area (Å²) < 4.78 is 13.3. The fraction of sp³-hybridized carbons (Fsp3) is 0.350. The van der Waals surface area contributed by atoms with Gasteiger partial charge in [0.15, 0.2) is 18.0 Å². The van der Waals surface area contributed by atoms with E-state index in [9.17, 15) is 5.11 Å². The Morgan fingerprint density at radius 3 is 2.63 bits per heavy atom. The molecule has 1 atom stereocenters. The molecule has 4 rings (SSSR count). The van der Waals surface area contributed by atoms with Crippen LogP contribution in [0.5, 0.6) is 11.5 Å². The summed E-state index contributed by atoms with van der Waals surface area (Å²) in [5.41, 5.74) is 0.345. The van der Waals surface area contributed by atoms with Crippen LogP contribution in [0.3, 0.4) is 0 Å². The minimum Gasteiger partial charge on any atom is -0.497 e. The summed E-state index contributed by atoms with van der Waals surface area (Å²) in [4.78, 5) is 1.97. The highest BCUT2D eigenvalue weighted by Crippen LogP contribution is 2.44. The maximum Gasteiger partial charge on any atom is 0.316 e. The van der Waals surface area contributed by atoms with Gasteiger partial charge in [-0.3, -0.25) is 0 Å². The number of hydrogen-bond acceptors (Lipinski definition) is 5. The monoisotopic (exact) mass is 405 g/mol. The lowest BCUT2D eigenvalue weighted by atomic mass is 10.0. The van der Waals surface area contributed by atoms with Gasteiger partial charge in [0.25, 0.3) is 5.72 Å². The van der Waals surface area contributed by atoms with Gasteiger partial charge >= 0.3 is 5.17 Å². The second-order valence-corrected chi connectivity index (χ2v) is 8.10. The molecule has 0 saturated heterocycles. The van der Waals surface area contributed by atoms with Crippen LogP contribution >= 0.6 is 23.4 Å². The second-order valence-electron chi connectivity index (χ2n) is 6.60. The van der Waals surface area contributed by atoms with Crippen molar-refractivity contribution in [2.24, 2.45) is 0 Å². The molecule has 27 heavy (non-hydrogen) atoms. The summed E-state index contributed by atoms with van der Waals surface area (Å²) in [6.45, 7) is 1.40. The van der Waals surface area contributed by atoms with Crippen LogP contribution in [-0.4, -0.2) is 47.9 Å². The van der Waals surface area contributed by atoms with Crippen LogP contribution in [0.15, 0.2) is 42.5 Å². The molecule has 2 aromatic rings. The Morgan fingerprint density at radius 2 is 1.93 bits per heavy atom. The van der Waals surface area contributed by atoms with Gasteiger partial charge in [0, 0.05) is 22.4 Å². The van der Waals surface area contributed by atoms with Crippen molar-refractivity contribution in [2.75, 3.05) is 38.0 Å². The van der Waals surface area contributed by atoms with Crippen LogP contribution < -0.4 is 14.4 Å². The fourth-order valence-corrected chi connectivity index (χ4v) is 4.96. The average molecular weight is 406 g/mol. The number of halogens is 1. The summed E-state index contributed by atoms with van der Waals surface area (Å²) in [5.74, 6) is 2.42. The molecule has 0 saturated carbocycles. The Hall–Kier alpha value is -1.89. The lowest BCUT2D eigenvalue weighted by Crippen LogP contribution is -2.46. The molecule has 1 unspecified atom stereocenters. The van der Waals surface area contributed by atoms with E-state index in [1.165, 1.54) is 0 Å². The topological polar surface area (TPSA) is 44.9 Å². The average Bonchev–Trinajstić information content (AvgIpc) is 3.00. The van der Waals surface area contributed by atoms with Crippen molar-refractivity contribution in [2.45, 2.75) is 12.1 Å². The first-order valence-corrected chi connectivity index (χ1v) is 10.2. The van der Waals surface area contributed by atoms with Gasteiger partial charge in [-0.1, -0.05) is 23.7 Å². The van der Waals surface area contributed by atoms with Gasteiger partial charge in [0.1, 0.15) is 5.75 Å². The third kappa shape index (κ3) is 3.16. The van der Waals surface area contributed by atoms with Crippen molar-refractivity contribution in [3.05, 3.63) is 53.1 Å². The van der Waals surface area contributed by atoms with Crippen molar-refractivity contribution in [3.8, 4) is 11.5 Å². The van der Waals surface area contributed by atoms with Gasteiger partial charge < -0.3 is 14.6 Å². The highest BCUT2D eigenvalue weighted by molar-refractivity contribution is 8.14. The molecule has 142 valence electrons. The van der Waals surface area contributed by atoms with E-state index in [1.54, 1.807) is 26.0 Å². The van der Waals surface area contributed by atoms with E-state index in [2.05, 4.69) is 4.58 Å². The van der Waals surface area contributed by atoms with Crippen LogP contribution in [0.2, 0.25) is 5.02 Å². The third-order valence-corrected chi connectivity index (χ3v) is 6.42. The van der Waals surface area contributed by atoms with Crippen LogP contribution in [0.1, 0.15) is 12.0 Å². The van der Waals surface area contributed by atoms with Crippen molar-refractivity contribution >= 4 is 34.2 Å². The van der Waals surface area contributed by atoms with Crippen LogP contribution in [0.25, 0.3) is 0 Å². The summed E-state index contributed by atoms with van der Waals surface area (Å²) in [6, 6.07) is 13.0. The predicted octanol–water partition coefficient (Wildman–Crippen LogP) is 3.53. The highest BCUT2D eigenvalue weighted by atomic mass is 35.5. The number of benzene rings is 2. The van der Waals surface area contributed by atoms with E-state index in [0.29, 0.717) is 23.1 Å². The molecule has 2 aliphatic heterocycles. The number of rotatable bonds is 4. The van der Waals surface area contributed by atoms with Gasteiger partial charge in [-0.2, -0.15) is 4.90 Å². The lowest BCUT2D eigenvalue weighted by Gasteiger charge is -2.29. The minimum absolute atomic E-state index is 0.483. The highest BCUT2D eigenvalue weighted by Gasteiger charge is 2.56. The molecular formula is C20H22ClN2O3S+. The van der Waals surface area contributed by atoms with Gasteiger partial charge in [0.05, 0.1) is 20.8 Å². The van der Waals surface area contributed by atoms with Crippen molar-refractivity contribution in [1.29, 1.82) is 0 Å². The molecule has 0 aliphatic carbocycles. The molecule has 7 heteroatoms. The summed E-state index contributed by atoms with van der Waals surface area (Å²) in [6.07, 6.45) is 1.09. The maximum absolute atomic E-state index is 11.9. The second kappa shape index (κ2) is 7.26.